The first-order valence-electron chi connectivity index (χ1n) is 20.0. The maximum absolute atomic E-state index is 2.43. The highest BCUT2D eigenvalue weighted by atomic mass is 14.4. The molecule has 0 bridgehead atoms. The molecule has 0 spiro atoms. The third-order valence-electron chi connectivity index (χ3n) is 12.5. The van der Waals surface area contributed by atoms with Gasteiger partial charge in [0.2, 0.25) is 0 Å². The van der Waals surface area contributed by atoms with E-state index in [1.165, 1.54) is 110 Å². The smallest absolute Gasteiger partial charge is 0.0165 e. The Balaban J connectivity index is 0.961. The Morgan fingerprint density at radius 3 is 1.16 bits per heavy atom. The summed E-state index contributed by atoms with van der Waals surface area (Å²) in [6, 6.07) is 76.2. The lowest BCUT2D eigenvalue weighted by atomic mass is 9.79. The topological polar surface area (TPSA) is 0 Å². The Morgan fingerprint density at radius 2 is 0.649 bits per heavy atom. The van der Waals surface area contributed by atoms with Gasteiger partial charge in [0, 0.05) is 5.41 Å². The molecule has 0 nitrogen and oxygen atoms in total. The SMILES string of the molecule is CC1(C)c2cc(-c3ccc(-c4c5ccccc5c(-c5ccc(-c6ccc(-c7ccccc7)cc6)cc5)c5ccccc45)cc3)ccc2-c2ccc3ccccc3c21. The second kappa shape index (κ2) is 13.0. The van der Waals surface area contributed by atoms with Gasteiger partial charge in [0.15, 0.2) is 0 Å². The number of hydrogen-bond donors (Lipinski definition) is 0. The normalized spacial score (nSPS) is 12.9. The number of rotatable bonds is 5. The number of fused-ring (bicyclic) bond motifs is 7. The molecular weight excluding hydrogens is 685 g/mol. The molecule has 11 rings (SSSR count). The lowest BCUT2D eigenvalue weighted by molar-refractivity contribution is 0.666. The first-order valence-corrected chi connectivity index (χ1v) is 20.0. The largest absolute Gasteiger partial charge is 0.0622 e. The van der Waals surface area contributed by atoms with Crippen LogP contribution < -0.4 is 0 Å². The van der Waals surface area contributed by atoms with Crippen molar-refractivity contribution in [1.29, 1.82) is 0 Å². The number of benzene rings is 10. The molecule has 268 valence electrons. The Morgan fingerprint density at radius 1 is 0.281 bits per heavy atom. The van der Waals surface area contributed by atoms with E-state index in [1.54, 1.807) is 0 Å². The quantitative estimate of drug-likeness (QED) is 0.155. The van der Waals surface area contributed by atoms with Crippen molar-refractivity contribution in [3.05, 3.63) is 217 Å². The average molecular weight is 725 g/mol. The van der Waals surface area contributed by atoms with Crippen molar-refractivity contribution in [2.24, 2.45) is 0 Å². The minimum atomic E-state index is -0.0878. The molecule has 1 aliphatic carbocycles. The van der Waals surface area contributed by atoms with Gasteiger partial charge in [-0.25, -0.2) is 0 Å². The highest BCUT2D eigenvalue weighted by Crippen LogP contribution is 2.52. The molecule has 0 amide bonds. The summed E-state index contributed by atoms with van der Waals surface area (Å²) < 4.78 is 0. The third-order valence-corrected chi connectivity index (χ3v) is 12.5. The van der Waals surface area contributed by atoms with Crippen LogP contribution in [0.15, 0.2) is 206 Å². The molecule has 0 saturated heterocycles. The van der Waals surface area contributed by atoms with Crippen LogP contribution in [0.3, 0.4) is 0 Å². The van der Waals surface area contributed by atoms with Gasteiger partial charge in [0.25, 0.3) is 0 Å². The minimum absolute atomic E-state index is 0.0878. The molecule has 0 heteroatoms. The van der Waals surface area contributed by atoms with E-state index in [2.05, 4.69) is 220 Å². The van der Waals surface area contributed by atoms with Crippen LogP contribution in [0.1, 0.15) is 25.0 Å². The molecule has 0 heterocycles. The van der Waals surface area contributed by atoms with Crippen molar-refractivity contribution >= 4 is 32.3 Å². The van der Waals surface area contributed by atoms with Gasteiger partial charge in [-0.05, 0) is 116 Å². The van der Waals surface area contributed by atoms with Crippen LogP contribution in [-0.4, -0.2) is 0 Å². The van der Waals surface area contributed by atoms with Crippen molar-refractivity contribution in [3.63, 3.8) is 0 Å². The lowest BCUT2D eigenvalue weighted by Crippen LogP contribution is -2.15. The van der Waals surface area contributed by atoms with E-state index in [9.17, 15) is 0 Å². The van der Waals surface area contributed by atoms with Gasteiger partial charge < -0.3 is 0 Å². The summed E-state index contributed by atoms with van der Waals surface area (Å²) in [5, 5.41) is 7.73. The summed E-state index contributed by atoms with van der Waals surface area (Å²) in [7, 11) is 0. The van der Waals surface area contributed by atoms with Crippen molar-refractivity contribution in [1.82, 2.24) is 0 Å². The van der Waals surface area contributed by atoms with Crippen LogP contribution in [-0.2, 0) is 5.41 Å². The van der Waals surface area contributed by atoms with Gasteiger partial charge in [-0.3, -0.25) is 0 Å². The van der Waals surface area contributed by atoms with Gasteiger partial charge in [-0.2, -0.15) is 0 Å². The zero-order chi connectivity index (χ0) is 38.1. The molecule has 0 radical (unpaired) electrons. The Hall–Kier alpha value is -7.02. The second-order valence-corrected chi connectivity index (χ2v) is 16.0. The van der Waals surface area contributed by atoms with E-state index >= 15 is 0 Å². The highest BCUT2D eigenvalue weighted by molar-refractivity contribution is 6.21. The van der Waals surface area contributed by atoms with E-state index in [4.69, 9.17) is 0 Å². The fourth-order valence-electron chi connectivity index (χ4n) is 9.67. The predicted molar refractivity (Wildman–Crippen MR) is 244 cm³/mol. The van der Waals surface area contributed by atoms with Gasteiger partial charge in [-0.1, -0.05) is 214 Å². The zero-order valence-corrected chi connectivity index (χ0v) is 32.1. The molecule has 0 atom stereocenters. The fraction of sp³-hybridized carbons (Fsp3) is 0.0526. The molecule has 10 aromatic rings. The average Bonchev–Trinajstić information content (AvgIpc) is 3.51. The van der Waals surface area contributed by atoms with Gasteiger partial charge >= 0.3 is 0 Å². The molecule has 0 aliphatic heterocycles. The summed E-state index contributed by atoms with van der Waals surface area (Å²) in [6.45, 7) is 4.77. The van der Waals surface area contributed by atoms with Crippen LogP contribution in [0.25, 0.3) is 99.1 Å². The Bertz CT molecular complexity index is 3090. The molecule has 10 aromatic carbocycles. The maximum atomic E-state index is 2.43. The summed E-state index contributed by atoms with van der Waals surface area (Å²) in [5.41, 5.74) is 17.9. The molecule has 0 unspecified atom stereocenters. The monoisotopic (exact) mass is 724 g/mol. The molecule has 57 heavy (non-hydrogen) atoms. The van der Waals surface area contributed by atoms with Gasteiger partial charge in [-0.15, -0.1) is 0 Å². The molecule has 0 aromatic heterocycles. The van der Waals surface area contributed by atoms with Crippen molar-refractivity contribution in [3.8, 4) is 66.8 Å². The number of hydrogen-bond acceptors (Lipinski definition) is 0. The summed E-state index contributed by atoms with van der Waals surface area (Å²) in [6.07, 6.45) is 0. The first-order chi connectivity index (χ1) is 28.0. The predicted octanol–water partition coefficient (Wildman–Crippen LogP) is 15.8. The summed E-state index contributed by atoms with van der Waals surface area (Å²) >= 11 is 0. The minimum Gasteiger partial charge on any atom is -0.0622 e. The van der Waals surface area contributed by atoms with Crippen LogP contribution >= 0.6 is 0 Å². The maximum Gasteiger partial charge on any atom is 0.0165 e. The van der Waals surface area contributed by atoms with E-state index in [-0.39, 0.29) is 5.41 Å². The molecular formula is C57H40. The first kappa shape index (κ1) is 33.3. The van der Waals surface area contributed by atoms with Crippen molar-refractivity contribution < 1.29 is 0 Å². The van der Waals surface area contributed by atoms with E-state index in [1.807, 2.05) is 0 Å². The van der Waals surface area contributed by atoms with E-state index in [0.717, 1.165) is 0 Å². The van der Waals surface area contributed by atoms with Gasteiger partial charge in [0.1, 0.15) is 0 Å². The molecule has 0 saturated carbocycles. The highest BCUT2D eigenvalue weighted by Gasteiger charge is 2.37. The Kier molecular flexibility index (Phi) is 7.63. The zero-order valence-electron chi connectivity index (χ0n) is 32.1. The third kappa shape index (κ3) is 5.36. The van der Waals surface area contributed by atoms with Gasteiger partial charge in [0.05, 0.1) is 0 Å². The summed E-state index contributed by atoms with van der Waals surface area (Å²) in [5.74, 6) is 0. The summed E-state index contributed by atoms with van der Waals surface area (Å²) in [4.78, 5) is 0. The van der Waals surface area contributed by atoms with E-state index < -0.39 is 0 Å². The van der Waals surface area contributed by atoms with Crippen LogP contribution in [0.2, 0.25) is 0 Å². The Labute approximate surface area is 334 Å². The van der Waals surface area contributed by atoms with Crippen LogP contribution in [0, 0.1) is 0 Å². The molecule has 1 aliphatic rings. The standard InChI is InChI=1S/C57H40/c1-57(2)53-36-45(33-34-47(53)52-35-32-42-14-6-7-15-46(42)56(52)57)41-26-30-44(31-27-41)55-50-18-10-8-16-48(50)54(49-17-9-11-19-51(49)55)43-28-24-40(25-29-43)39-22-20-38(21-23-39)37-12-4-3-5-13-37/h3-36H,1-2H3. The van der Waals surface area contributed by atoms with E-state index in [0.29, 0.717) is 0 Å². The molecule has 0 fully saturated rings. The van der Waals surface area contributed by atoms with Crippen molar-refractivity contribution in [2.45, 2.75) is 19.3 Å². The van der Waals surface area contributed by atoms with Crippen LogP contribution in [0.4, 0.5) is 0 Å². The van der Waals surface area contributed by atoms with Crippen LogP contribution in [0.5, 0.6) is 0 Å². The van der Waals surface area contributed by atoms with Crippen molar-refractivity contribution in [2.75, 3.05) is 0 Å². The fourth-order valence-corrected chi connectivity index (χ4v) is 9.67. The molecule has 0 N–H and O–H groups in total. The lowest BCUT2D eigenvalue weighted by Gasteiger charge is -2.23. The second-order valence-electron chi connectivity index (χ2n) is 16.0.